The van der Waals surface area contributed by atoms with Crippen LogP contribution in [0.4, 0.5) is 0 Å². The Morgan fingerprint density at radius 3 is 2.76 bits per heavy atom. The first kappa shape index (κ1) is 14.9. The van der Waals surface area contributed by atoms with Crippen molar-refractivity contribution in [1.82, 2.24) is 5.32 Å². The van der Waals surface area contributed by atoms with Gasteiger partial charge >= 0.3 is 0 Å². The fourth-order valence-electron chi connectivity index (χ4n) is 2.02. The Bertz CT molecular complexity index is 305. The Morgan fingerprint density at radius 2 is 2.18 bits per heavy atom. The lowest BCUT2D eigenvalue weighted by Gasteiger charge is -2.15. The van der Waals surface area contributed by atoms with Gasteiger partial charge in [0.2, 0.25) is 0 Å². The van der Waals surface area contributed by atoms with Crippen LogP contribution in [0.5, 0.6) is 0 Å². The van der Waals surface area contributed by atoms with Crippen molar-refractivity contribution in [3.63, 3.8) is 0 Å². The van der Waals surface area contributed by atoms with Gasteiger partial charge in [-0.05, 0) is 26.3 Å². The lowest BCUT2D eigenvalue weighted by Crippen LogP contribution is -2.34. The van der Waals surface area contributed by atoms with E-state index in [0.717, 1.165) is 13.0 Å². The van der Waals surface area contributed by atoms with Crippen molar-refractivity contribution < 1.29 is 17.9 Å². The molecule has 0 spiro atoms. The van der Waals surface area contributed by atoms with Crippen molar-refractivity contribution in [2.75, 3.05) is 39.2 Å². The van der Waals surface area contributed by atoms with Gasteiger partial charge in [0.25, 0.3) is 0 Å². The molecule has 0 amide bonds. The van der Waals surface area contributed by atoms with Crippen molar-refractivity contribution in [1.29, 1.82) is 0 Å². The molecule has 0 aromatic heterocycles. The molecule has 0 aromatic carbocycles. The summed E-state index contributed by atoms with van der Waals surface area (Å²) in [6.45, 7) is 4.40. The van der Waals surface area contributed by atoms with E-state index in [1.165, 1.54) is 0 Å². The molecule has 0 aliphatic carbocycles. The van der Waals surface area contributed by atoms with Gasteiger partial charge in [0.05, 0.1) is 17.1 Å². The van der Waals surface area contributed by atoms with Gasteiger partial charge in [-0.1, -0.05) is 0 Å². The molecule has 0 radical (unpaired) electrons. The quantitative estimate of drug-likeness (QED) is 0.635. The third kappa shape index (κ3) is 4.91. The molecule has 1 N–H and O–H groups in total. The van der Waals surface area contributed by atoms with Crippen LogP contribution in [-0.4, -0.2) is 58.9 Å². The monoisotopic (exact) mass is 265 g/mol. The number of rotatable bonds is 8. The van der Waals surface area contributed by atoms with Crippen molar-refractivity contribution in [2.45, 2.75) is 31.1 Å². The predicted molar refractivity (Wildman–Crippen MR) is 67.0 cm³/mol. The number of hydrogen-bond acceptors (Lipinski definition) is 5. The van der Waals surface area contributed by atoms with E-state index >= 15 is 0 Å². The van der Waals surface area contributed by atoms with E-state index in [1.807, 2.05) is 6.92 Å². The highest BCUT2D eigenvalue weighted by atomic mass is 32.2. The highest BCUT2D eigenvalue weighted by molar-refractivity contribution is 7.92. The van der Waals surface area contributed by atoms with E-state index in [0.29, 0.717) is 26.2 Å². The van der Waals surface area contributed by atoms with Crippen LogP contribution in [0, 0.1) is 0 Å². The van der Waals surface area contributed by atoms with Crippen molar-refractivity contribution in [3.05, 3.63) is 0 Å². The molecule has 1 aliphatic heterocycles. The minimum atomic E-state index is -3.02. The molecule has 1 rings (SSSR count). The molecule has 1 fully saturated rings. The number of hydrogen-bond donors (Lipinski definition) is 1. The normalized spacial score (nSPS) is 25.3. The molecular weight excluding hydrogens is 242 g/mol. The fraction of sp³-hybridized carbons (Fsp3) is 1.00. The Kier molecular flexibility index (Phi) is 6.40. The van der Waals surface area contributed by atoms with Gasteiger partial charge in [0.1, 0.15) is 0 Å². The molecule has 6 heteroatoms. The van der Waals surface area contributed by atoms with Gasteiger partial charge in [-0.15, -0.1) is 0 Å². The number of methoxy groups -OCH3 is 1. The zero-order chi connectivity index (χ0) is 12.7. The molecule has 2 atom stereocenters. The largest absolute Gasteiger partial charge is 0.385 e. The predicted octanol–water partition coefficient (Wildman–Crippen LogP) is 0.205. The average Bonchev–Trinajstić information content (AvgIpc) is 2.70. The molecule has 2 unspecified atom stereocenters. The smallest absolute Gasteiger partial charge is 0.157 e. The maximum absolute atomic E-state index is 12.0. The van der Waals surface area contributed by atoms with Crippen LogP contribution in [0.2, 0.25) is 0 Å². The van der Waals surface area contributed by atoms with E-state index in [2.05, 4.69) is 5.32 Å². The standard InChI is InChI=1S/C11H23NO4S/c1-10-11(4-8-16-10)17(13,14)9-6-12-5-3-7-15-2/h10-12H,3-9H2,1-2H3. The minimum Gasteiger partial charge on any atom is -0.385 e. The lowest BCUT2D eigenvalue weighted by atomic mass is 10.3. The van der Waals surface area contributed by atoms with E-state index in [9.17, 15) is 8.42 Å². The van der Waals surface area contributed by atoms with Gasteiger partial charge < -0.3 is 14.8 Å². The SMILES string of the molecule is COCCCNCCS(=O)(=O)C1CCOC1C. The average molecular weight is 265 g/mol. The number of sulfone groups is 1. The minimum absolute atomic E-state index is 0.159. The summed E-state index contributed by atoms with van der Waals surface area (Å²) in [6, 6.07) is 0. The summed E-state index contributed by atoms with van der Waals surface area (Å²) in [7, 11) is -1.36. The second-order valence-corrected chi connectivity index (χ2v) is 6.71. The van der Waals surface area contributed by atoms with Gasteiger partial charge in [0.15, 0.2) is 9.84 Å². The van der Waals surface area contributed by atoms with Crippen molar-refractivity contribution in [2.24, 2.45) is 0 Å². The maximum atomic E-state index is 12.0. The van der Waals surface area contributed by atoms with E-state index in [-0.39, 0.29) is 17.1 Å². The molecule has 102 valence electrons. The van der Waals surface area contributed by atoms with Crippen molar-refractivity contribution >= 4 is 9.84 Å². The van der Waals surface area contributed by atoms with Crippen LogP contribution < -0.4 is 5.32 Å². The first-order valence-corrected chi connectivity index (χ1v) is 7.82. The maximum Gasteiger partial charge on any atom is 0.157 e. The van der Waals surface area contributed by atoms with Crippen LogP contribution in [0.1, 0.15) is 19.8 Å². The van der Waals surface area contributed by atoms with Crippen molar-refractivity contribution in [3.8, 4) is 0 Å². The molecule has 17 heavy (non-hydrogen) atoms. The Morgan fingerprint density at radius 1 is 1.41 bits per heavy atom. The summed E-state index contributed by atoms with van der Waals surface area (Å²) >= 11 is 0. The van der Waals surface area contributed by atoms with Crippen LogP contribution >= 0.6 is 0 Å². The molecule has 1 aliphatic rings. The molecule has 1 heterocycles. The van der Waals surface area contributed by atoms with Crippen LogP contribution in [0.3, 0.4) is 0 Å². The van der Waals surface area contributed by atoms with E-state index in [4.69, 9.17) is 9.47 Å². The summed E-state index contributed by atoms with van der Waals surface area (Å²) < 4.78 is 34.2. The lowest BCUT2D eigenvalue weighted by molar-refractivity contribution is 0.126. The number of nitrogens with one attached hydrogen (secondary N) is 1. The Labute approximate surface area is 104 Å². The van der Waals surface area contributed by atoms with Gasteiger partial charge in [-0.25, -0.2) is 8.42 Å². The fourth-order valence-corrected chi connectivity index (χ4v) is 3.87. The van der Waals surface area contributed by atoms with Gasteiger partial charge in [0, 0.05) is 26.9 Å². The van der Waals surface area contributed by atoms with E-state index in [1.54, 1.807) is 7.11 Å². The van der Waals surface area contributed by atoms with Crippen LogP contribution in [0.15, 0.2) is 0 Å². The third-order valence-corrected chi connectivity index (χ3v) is 5.35. The second-order valence-electron chi connectivity index (χ2n) is 4.37. The highest BCUT2D eigenvalue weighted by Gasteiger charge is 2.34. The Hall–Kier alpha value is -0.170. The first-order valence-electron chi connectivity index (χ1n) is 6.11. The molecule has 5 nitrogen and oxygen atoms in total. The summed E-state index contributed by atoms with van der Waals surface area (Å²) in [6.07, 6.45) is 1.38. The van der Waals surface area contributed by atoms with Crippen LogP contribution in [0.25, 0.3) is 0 Å². The van der Waals surface area contributed by atoms with Gasteiger partial charge in [-0.2, -0.15) is 0 Å². The molecular formula is C11H23NO4S. The summed E-state index contributed by atoms with van der Waals surface area (Å²) in [5.41, 5.74) is 0. The Balaban J connectivity index is 2.21. The zero-order valence-electron chi connectivity index (χ0n) is 10.6. The van der Waals surface area contributed by atoms with Gasteiger partial charge in [-0.3, -0.25) is 0 Å². The first-order chi connectivity index (χ1) is 8.08. The molecule has 1 saturated heterocycles. The molecule has 0 bridgehead atoms. The summed E-state index contributed by atoms with van der Waals surface area (Å²) in [4.78, 5) is 0. The molecule has 0 saturated carbocycles. The molecule has 0 aromatic rings. The second kappa shape index (κ2) is 7.31. The summed E-state index contributed by atoms with van der Waals surface area (Å²) in [5.74, 6) is 0.193. The van der Waals surface area contributed by atoms with E-state index < -0.39 is 9.84 Å². The zero-order valence-corrected chi connectivity index (χ0v) is 11.5. The summed E-state index contributed by atoms with van der Waals surface area (Å²) in [5, 5.41) is 2.80. The highest BCUT2D eigenvalue weighted by Crippen LogP contribution is 2.21. The number of ether oxygens (including phenoxy) is 2. The topological polar surface area (TPSA) is 64.6 Å². The van der Waals surface area contributed by atoms with Crippen LogP contribution in [-0.2, 0) is 19.3 Å². The third-order valence-electron chi connectivity index (χ3n) is 3.03.